The monoisotopic (exact) mass is 366 g/mol. The molecule has 1 N–H and O–H groups in total. The number of likely N-dealkylation sites (tertiary alicyclic amines) is 1. The van der Waals surface area contributed by atoms with E-state index in [4.69, 9.17) is 9.15 Å². The molecule has 27 heavy (non-hydrogen) atoms. The molecule has 0 aliphatic carbocycles. The lowest BCUT2D eigenvalue weighted by atomic mass is 9.96. The van der Waals surface area contributed by atoms with Crippen LogP contribution >= 0.6 is 0 Å². The summed E-state index contributed by atoms with van der Waals surface area (Å²) in [6.07, 6.45) is 1.66. The lowest BCUT2D eigenvalue weighted by molar-refractivity contribution is -0.919. The summed E-state index contributed by atoms with van der Waals surface area (Å²) in [6, 6.07) is 13.7. The van der Waals surface area contributed by atoms with Crippen molar-refractivity contribution in [1.29, 1.82) is 0 Å². The van der Waals surface area contributed by atoms with Crippen molar-refractivity contribution in [1.82, 2.24) is 0 Å². The maximum Gasteiger partial charge on any atom is 0.336 e. The Morgan fingerprint density at radius 3 is 2.74 bits per heavy atom. The summed E-state index contributed by atoms with van der Waals surface area (Å²) in [5, 5.41) is 3.26. The van der Waals surface area contributed by atoms with Crippen LogP contribution in [0.25, 0.3) is 21.7 Å². The van der Waals surface area contributed by atoms with Crippen LogP contribution in [0.4, 0.5) is 0 Å². The van der Waals surface area contributed by atoms with Crippen molar-refractivity contribution in [3.8, 4) is 0 Å². The summed E-state index contributed by atoms with van der Waals surface area (Å²) in [4.78, 5) is 25.4. The molecule has 0 unspecified atom stereocenters. The van der Waals surface area contributed by atoms with Gasteiger partial charge in [0.1, 0.15) is 12.1 Å². The number of piperidine rings is 1. The average Bonchev–Trinajstić information content (AvgIpc) is 2.68. The first-order valence-electron chi connectivity index (χ1n) is 9.60. The minimum Gasteiger partial charge on any atom is -0.466 e. The molecule has 1 fully saturated rings. The normalized spacial score (nSPS) is 20.0. The van der Waals surface area contributed by atoms with Crippen LogP contribution in [0.3, 0.4) is 0 Å². The van der Waals surface area contributed by atoms with Gasteiger partial charge < -0.3 is 14.1 Å². The predicted molar refractivity (Wildman–Crippen MR) is 104 cm³/mol. The third-order valence-electron chi connectivity index (χ3n) is 5.47. The van der Waals surface area contributed by atoms with Gasteiger partial charge in [-0.2, -0.15) is 0 Å². The Morgan fingerprint density at radius 2 is 1.96 bits per heavy atom. The zero-order valence-corrected chi connectivity index (χ0v) is 15.5. The van der Waals surface area contributed by atoms with Gasteiger partial charge in [0.2, 0.25) is 0 Å². The van der Waals surface area contributed by atoms with Gasteiger partial charge in [0.05, 0.1) is 25.6 Å². The van der Waals surface area contributed by atoms with E-state index in [2.05, 4.69) is 12.1 Å². The van der Waals surface area contributed by atoms with Gasteiger partial charge >= 0.3 is 11.6 Å². The molecule has 4 rings (SSSR count). The molecule has 1 aromatic heterocycles. The minimum absolute atomic E-state index is 0.00659. The summed E-state index contributed by atoms with van der Waals surface area (Å²) in [6.45, 7) is 4.83. The number of carbonyl (C=O) groups excluding carboxylic acids is 1. The molecule has 0 saturated carbocycles. The molecule has 1 saturated heterocycles. The Morgan fingerprint density at radius 1 is 1.19 bits per heavy atom. The topological polar surface area (TPSA) is 61.0 Å². The Kier molecular flexibility index (Phi) is 4.94. The fourth-order valence-corrected chi connectivity index (χ4v) is 4.13. The molecule has 0 amide bonds. The van der Waals surface area contributed by atoms with Crippen LogP contribution in [-0.2, 0) is 16.1 Å². The van der Waals surface area contributed by atoms with E-state index in [0.29, 0.717) is 12.2 Å². The summed E-state index contributed by atoms with van der Waals surface area (Å²) in [5.41, 5.74) is 1.34. The molecule has 2 heterocycles. The third kappa shape index (κ3) is 3.60. The Hall–Kier alpha value is -2.66. The number of fused-ring (bicyclic) bond motifs is 3. The van der Waals surface area contributed by atoms with E-state index >= 15 is 0 Å². The van der Waals surface area contributed by atoms with Gasteiger partial charge in [-0.25, -0.2) is 4.79 Å². The van der Waals surface area contributed by atoms with Crippen LogP contribution in [0.1, 0.15) is 25.3 Å². The van der Waals surface area contributed by atoms with Crippen molar-refractivity contribution in [2.75, 3.05) is 19.7 Å². The number of rotatable bonds is 4. The number of quaternary nitrogens is 1. The van der Waals surface area contributed by atoms with Crippen LogP contribution < -0.4 is 10.5 Å². The fraction of sp³-hybridized carbons (Fsp3) is 0.364. The molecule has 0 atom stereocenters. The highest BCUT2D eigenvalue weighted by atomic mass is 16.5. The highest BCUT2D eigenvalue weighted by Gasteiger charge is 2.29. The van der Waals surface area contributed by atoms with Crippen LogP contribution in [0.15, 0.2) is 51.7 Å². The van der Waals surface area contributed by atoms with Gasteiger partial charge in [0.25, 0.3) is 0 Å². The predicted octanol–water partition coefficient (Wildman–Crippen LogP) is 2.30. The van der Waals surface area contributed by atoms with Crippen LogP contribution in [0.2, 0.25) is 0 Å². The van der Waals surface area contributed by atoms with E-state index < -0.39 is 0 Å². The van der Waals surface area contributed by atoms with E-state index in [1.807, 2.05) is 31.2 Å². The number of esters is 1. The summed E-state index contributed by atoms with van der Waals surface area (Å²) >= 11 is 0. The van der Waals surface area contributed by atoms with Crippen molar-refractivity contribution in [3.63, 3.8) is 0 Å². The van der Waals surface area contributed by atoms with Crippen molar-refractivity contribution in [3.05, 3.63) is 58.4 Å². The van der Waals surface area contributed by atoms with Crippen molar-refractivity contribution < 1.29 is 18.8 Å². The first-order valence-corrected chi connectivity index (χ1v) is 9.60. The standard InChI is InChI=1S/C22H23NO4/c1-2-26-22(25)16-9-11-23(12-10-16)14-17-13-20(24)27-19-8-7-15-5-3-4-6-18(15)21(17)19/h3-8,13,16H,2,9-12,14H2,1H3/p+1. The molecule has 1 aliphatic heterocycles. The molecule has 2 aromatic carbocycles. The van der Waals surface area contributed by atoms with Gasteiger partial charge in [0.15, 0.2) is 0 Å². The molecular weight excluding hydrogens is 342 g/mol. The molecule has 0 bridgehead atoms. The molecule has 5 heteroatoms. The maximum atomic E-state index is 12.1. The highest BCUT2D eigenvalue weighted by molar-refractivity contribution is 6.06. The summed E-state index contributed by atoms with van der Waals surface area (Å²) < 4.78 is 10.6. The highest BCUT2D eigenvalue weighted by Crippen LogP contribution is 2.27. The van der Waals surface area contributed by atoms with E-state index in [1.165, 1.54) is 4.90 Å². The first kappa shape index (κ1) is 17.7. The van der Waals surface area contributed by atoms with Crippen molar-refractivity contribution in [2.24, 2.45) is 5.92 Å². The number of hydrogen-bond donors (Lipinski definition) is 1. The number of hydrogen-bond acceptors (Lipinski definition) is 4. The van der Waals surface area contributed by atoms with Crippen LogP contribution in [0.5, 0.6) is 0 Å². The second-order valence-corrected chi connectivity index (χ2v) is 7.20. The molecular formula is C22H24NO4+. The largest absolute Gasteiger partial charge is 0.466 e. The van der Waals surface area contributed by atoms with Gasteiger partial charge in [-0.1, -0.05) is 30.3 Å². The Balaban J connectivity index is 1.62. The lowest BCUT2D eigenvalue weighted by Gasteiger charge is -2.28. The Labute approximate surface area is 157 Å². The number of nitrogens with one attached hydrogen (secondary N) is 1. The lowest BCUT2D eigenvalue weighted by Crippen LogP contribution is -3.11. The Bertz CT molecular complexity index is 1030. The van der Waals surface area contributed by atoms with Gasteiger partial charge in [-0.05, 0) is 23.8 Å². The van der Waals surface area contributed by atoms with Crippen LogP contribution in [0, 0.1) is 5.92 Å². The van der Waals surface area contributed by atoms with Gasteiger partial charge in [-0.15, -0.1) is 0 Å². The first-order chi connectivity index (χ1) is 13.2. The number of benzene rings is 2. The number of ether oxygens (including phenoxy) is 1. The molecule has 3 aromatic rings. The van der Waals surface area contributed by atoms with Crippen molar-refractivity contribution >= 4 is 27.7 Å². The molecule has 0 spiro atoms. The smallest absolute Gasteiger partial charge is 0.336 e. The SMILES string of the molecule is CCOC(=O)C1CC[NH+](Cc2cc(=O)oc3ccc4ccccc4c23)CC1. The van der Waals surface area contributed by atoms with Crippen LogP contribution in [-0.4, -0.2) is 25.7 Å². The molecule has 0 radical (unpaired) electrons. The molecule has 5 nitrogen and oxygen atoms in total. The van der Waals surface area contributed by atoms with Gasteiger partial charge in [-0.3, -0.25) is 4.79 Å². The molecule has 140 valence electrons. The minimum atomic E-state index is -0.311. The fourth-order valence-electron chi connectivity index (χ4n) is 4.13. The second kappa shape index (κ2) is 7.53. The van der Waals surface area contributed by atoms with Gasteiger partial charge in [0, 0.05) is 29.9 Å². The summed E-state index contributed by atoms with van der Waals surface area (Å²) in [7, 11) is 0. The summed E-state index contributed by atoms with van der Waals surface area (Å²) in [5.74, 6) is -0.0690. The number of carbonyl (C=O) groups is 1. The third-order valence-corrected chi connectivity index (χ3v) is 5.47. The quantitative estimate of drug-likeness (QED) is 0.437. The maximum absolute atomic E-state index is 12.1. The van der Waals surface area contributed by atoms with E-state index in [9.17, 15) is 9.59 Å². The van der Waals surface area contributed by atoms with Crippen molar-refractivity contribution in [2.45, 2.75) is 26.3 Å². The molecule has 1 aliphatic rings. The van der Waals surface area contributed by atoms with E-state index in [-0.39, 0.29) is 17.5 Å². The zero-order valence-electron chi connectivity index (χ0n) is 15.5. The van der Waals surface area contributed by atoms with E-state index in [1.54, 1.807) is 6.07 Å². The average molecular weight is 366 g/mol. The zero-order chi connectivity index (χ0) is 18.8. The van der Waals surface area contributed by atoms with E-state index in [0.717, 1.165) is 54.2 Å². The second-order valence-electron chi connectivity index (χ2n) is 7.20.